The lowest BCUT2D eigenvalue weighted by Crippen LogP contribution is -2.14. The first-order valence-corrected chi connectivity index (χ1v) is 6.80. The molecule has 4 heteroatoms. The molecule has 0 saturated carbocycles. The lowest BCUT2D eigenvalue weighted by Gasteiger charge is -2.04. The van der Waals surface area contributed by atoms with Crippen LogP contribution in [0, 0.1) is 13.8 Å². The fourth-order valence-corrected chi connectivity index (χ4v) is 2.57. The molecular weight excluding hydrogens is 264 g/mol. The van der Waals surface area contributed by atoms with Crippen molar-refractivity contribution in [2.45, 2.75) is 20.3 Å². The number of nitrogens with zero attached hydrogens (tertiary/aromatic N) is 1. The smallest absolute Gasteiger partial charge is 0.228 e. The van der Waals surface area contributed by atoms with Crippen LogP contribution in [0.25, 0.3) is 11.0 Å². The Morgan fingerprint density at radius 1 is 1.33 bits per heavy atom. The summed E-state index contributed by atoms with van der Waals surface area (Å²) < 4.78 is 5.57. The number of fused-ring (bicyclic) bond motifs is 1. The van der Waals surface area contributed by atoms with E-state index in [1.807, 2.05) is 26.0 Å². The molecule has 0 saturated heterocycles. The van der Waals surface area contributed by atoms with E-state index in [1.54, 1.807) is 24.7 Å². The van der Waals surface area contributed by atoms with Gasteiger partial charge in [0.05, 0.1) is 24.6 Å². The number of carbonyl (C=O) groups is 1. The topological polar surface area (TPSA) is 55.1 Å². The van der Waals surface area contributed by atoms with Crippen molar-refractivity contribution in [3.63, 3.8) is 0 Å². The Labute approximate surface area is 122 Å². The van der Waals surface area contributed by atoms with Crippen LogP contribution in [0.1, 0.15) is 16.7 Å². The zero-order valence-electron chi connectivity index (χ0n) is 12.0. The maximum Gasteiger partial charge on any atom is 0.228 e. The summed E-state index contributed by atoms with van der Waals surface area (Å²) in [7, 11) is 0. The van der Waals surface area contributed by atoms with Gasteiger partial charge in [-0.25, -0.2) is 0 Å². The molecule has 21 heavy (non-hydrogen) atoms. The lowest BCUT2D eigenvalue weighted by molar-refractivity contribution is -0.115. The van der Waals surface area contributed by atoms with Gasteiger partial charge in [-0.2, -0.15) is 0 Å². The average Bonchev–Trinajstić information content (AvgIpc) is 2.82. The first kappa shape index (κ1) is 13.4. The largest absolute Gasteiger partial charge is 0.464 e. The highest BCUT2D eigenvalue weighted by molar-refractivity contribution is 5.96. The quantitative estimate of drug-likeness (QED) is 0.797. The second kappa shape index (κ2) is 5.40. The number of hydrogen-bond donors (Lipinski definition) is 1. The van der Waals surface area contributed by atoms with Crippen molar-refractivity contribution in [3.8, 4) is 0 Å². The van der Waals surface area contributed by atoms with E-state index < -0.39 is 0 Å². The summed E-state index contributed by atoms with van der Waals surface area (Å²) in [4.78, 5) is 16.1. The molecule has 0 unspecified atom stereocenters. The van der Waals surface area contributed by atoms with Crippen LogP contribution < -0.4 is 5.32 Å². The van der Waals surface area contributed by atoms with Crippen molar-refractivity contribution >= 4 is 22.6 Å². The van der Waals surface area contributed by atoms with Crippen LogP contribution >= 0.6 is 0 Å². The Morgan fingerprint density at radius 2 is 2.19 bits per heavy atom. The van der Waals surface area contributed by atoms with Gasteiger partial charge in [0, 0.05) is 17.1 Å². The molecule has 2 aromatic heterocycles. The normalized spacial score (nSPS) is 10.8. The van der Waals surface area contributed by atoms with Crippen LogP contribution in [0.4, 0.5) is 5.69 Å². The minimum atomic E-state index is -0.0781. The van der Waals surface area contributed by atoms with E-state index in [-0.39, 0.29) is 12.3 Å². The minimum Gasteiger partial charge on any atom is -0.464 e. The lowest BCUT2D eigenvalue weighted by atomic mass is 10.0. The maximum atomic E-state index is 12.1. The van der Waals surface area contributed by atoms with Gasteiger partial charge in [0.2, 0.25) is 5.91 Å². The monoisotopic (exact) mass is 280 g/mol. The van der Waals surface area contributed by atoms with Crippen molar-refractivity contribution in [2.75, 3.05) is 5.32 Å². The number of carbonyl (C=O) groups excluding carboxylic acids is 1. The first-order chi connectivity index (χ1) is 10.1. The summed E-state index contributed by atoms with van der Waals surface area (Å²) in [5.41, 5.74) is 4.71. The number of furan rings is 1. The Bertz CT molecular complexity index is 791. The molecule has 3 rings (SSSR count). The molecule has 1 aromatic carbocycles. The summed E-state index contributed by atoms with van der Waals surface area (Å²) in [5, 5.41) is 3.86. The predicted octanol–water partition coefficient (Wildman–Crippen LogP) is 3.63. The van der Waals surface area contributed by atoms with Gasteiger partial charge < -0.3 is 9.73 Å². The molecule has 0 aliphatic rings. The zero-order valence-corrected chi connectivity index (χ0v) is 12.0. The third-order valence-electron chi connectivity index (χ3n) is 3.39. The van der Waals surface area contributed by atoms with Gasteiger partial charge in [-0.1, -0.05) is 6.07 Å². The Kier molecular flexibility index (Phi) is 3.44. The van der Waals surface area contributed by atoms with Crippen molar-refractivity contribution in [1.82, 2.24) is 4.98 Å². The molecule has 106 valence electrons. The van der Waals surface area contributed by atoms with E-state index in [2.05, 4.69) is 16.4 Å². The van der Waals surface area contributed by atoms with Gasteiger partial charge in [0.25, 0.3) is 0 Å². The molecule has 4 nitrogen and oxygen atoms in total. The molecule has 0 bridgehead atoms. The van der Waals surface area contributed by atoms with Crippen molar-refractivity contribution < 1.29 is 9.21 Å². The summed E-state index contributed by atoms with van der Waals surface area (Å²) in [6.45, 7) is 4.07. The van der Waals surface area contributed by atoms with E-state index in [0.29, 0.717) is 5.69 Å². The van der Waals surface area contributed by atoms with Crippen LogP contribution in [-0.2, 0) is 11.2 Å². The highest BCUT2D eigenvalue weighted by Gasteiger charge is 2.13. The van der Waals surface area contributed by atoms with Crippen LogP contribution in [0.3, 0.4) is 0 Å². The molecule has 0 radical (unpaired) electrons. The third-order valence-corrected chi connectivity index (χ3v) is 3.39. The number of hydrogen-bond acceptors (Lipinski definition) is 3. The number of pyridine rings is 1. The molecule has 1 amide bonds. The average molecular weight is 280 g/mol. The summed E-state index contributed by atoms with van der Waals surface area (Å²) in [5.74, 6) is -0.0781. The number of nitrogens with one attached hydrogen (secondary N) is 1. The Hall–Kier alpha value is -2.62. The molecule has 2 heterocycles. The number of anilines is 1. The van der Waals surface area contributed by atoms with Crippen LogP contribution in [0.2, 0.25) is 0 Å². The first-order valence-electron chi connectivity index (χ1n) is 6.80. The van der Waals surface area contributed by atoms with Gasteiger partial charge in [-0.15, -0.1) is 0 Å². The second-order valence-electron chi connectivity index (χ2n) is 5.18. The van der Waals surface area contributed by atoms with E-state index >= 15 is 0 Å². The van der Waals surface area contributed by atoms with Crippen molar-refractivity contribution in [1.29, 1.82) is 0 Å². The molecule has 3 aromatic rings. The SMILES string of the molecule is Cc1cc(C)c2c(CC(=O)Nc3cccnc3)coc2c1. The molecule has 0 aliphatic heterocycles. The van der Waals surface area contributed by atoms with Gasteiger partial charge >= 0.3 is 0 Å². The number of aromatic nitrogens is 1. The molecule has 1 N–H and O–H groups in total. The molecular formula is C17H16N2O2. The summed E-state index contributed by atoms with van der Waals surface area (Å²) >= 11 is 0. The third kappa shape index (κ3) is 2.79. The Morgan fingerprint density at radius 3 is 2.95 bits per heavy atom. The number of aryl methyl sites for hydroxylation is 2. The van der Waals surface area contributed by atoms with E-state index in [9.17, 15) is 4.79 Å². The predicted molar refractivity (Wildman–Crippen MR) is 82.3 cm³/mol. The van der Waals surface area contributed by atoms with Crippen LogP contribution in [0.15, 0.2) is 47.3 Å². The minimum absolute atomic E-state index is 0.0781. The molecule has 0 spiro atoms. The van der Waals surface area contributed by atoms with Gasteiger partial charge in [-0.3, -0.25) is 9.78 Å². The standard InChI is InChI=1S/C17H16N2O2/c1-11-6-12(2)17-13(10-21-15(17)7-11)8-16(20)19-14-4-3-5-18-9-14/h3-7,9-10H,8H2,1-2H3,(H,19,20). The highest BCUT2D eigenvalue weighted by atomic mass is 16.3. The number of rotatable bonds is 3. The van der Waals surface area contributed by atoms with Gasteiger partial charge in [-0.05, 0) is 43.2 Å². The second-order valence-corrected chi connectivity index (χ2v) is 5.18. The van der Waals surface area contributed by atoms with Gasteiger partial charge in [0.15, 0.2) is 0 Å². The molecule has 0 aliphatic carbocycles. The van der Waals surface area contributed by atoms with Gasteiger partial charge in [0.1, 0.15) is 5.58 Å². The van der Waals surface area contributed by atoms with Crippen molar-refractivity contribution in [2.24, 2.45) is 0 Å². The van der Waals surface area contributed by atoms with Crippen molar-refractivity contribution in [3.05, 3.63) is 59.6 Å². The number of amides is 1. The molecule has 0 fully saturated rings. The highest BCUT2D eigenvalue weighted by Crippen LogP contribution is 2.26. The fraction of sp³-hybridized carbons (Fsp3) is 0.176. The maximum absolute atomic E-state index is 12.1. The molecule has 0 atom stereocenters. The van der Waals surface area contributed by atoms with E-state index in [4.69, 9.17) is 4.42 Å². The van der Waals surface area contributed by atoms with E-state index in [0.717, 1.165) is 27.7 Å². The Balaban J connectivity index is 1.84. The summed E-state index contributed by atoms with van der Waals surface area (Å²) in [6.07, 6.45) is 5.25. The zero-order chi connectivity index (χ0) is 14.8. The fourth-order valence-electron chi connectivity index (χ4n) is 2.57. The van der Waals surface area contributed by atoms with Crippen LogP contribution in [0.5, 0.6) is 0 Å². The van der Waals surface area contributed by atoms with Crippen LogP contribution in [-0.4, -0.2) is 10.9 Å². The number of benzene rings is 1. The van der Waals surface area contributed by atoms with E-state index in [1.165, 1.54) is 0 Å². The summed E-state index contributed by atoms with van der Waals surface area (Å²) in [6, 6.07) is 7.69.